The number of aliphatic carboxylic acids is 2. The van der Waals surface area contributed by atoms with E-state index in [0.717, 1.165) is 29.3 Å². The standard InChI is InChI=1S/C16H23BrClNO2.C2H2O4/c1-13-3-2-6-19(12-13)7-8-20-9-10-21-16-5-4-14(18)11-15(16)17;3-1(4)2(5)6/h4-5,11,13H,2-3,6-10,12H2,1H3;(H,3,4)(H,5,6). The van der Waals surface area contributed by atoms with Gasteiger partial charge in [0.25, 0.3) is 0 Å². The predicted octanol–water partition coefficient (Wildman–Crippen LogP) is 3.39. The van der Waals surface area contributed by atoms with E-state index in [1.54, 1.807) is 0 Å². The number of hydrogen-bond acceptors (Lipinski definition) is 5. The number of rotatable bonds is 7. The SMILES string of the molecule is CC1CCCN(CCOCCOc2ccc(Cl)cc2Br)C1.O=C(O)C(=O)O. The quantitative estimate of drug-likeness (QED) is 0.470. The number of carboxylic acids is 2. The van der Waals surface area contributed by atoms with Crippen LogP contribution in [0.4, 0.5) is 0 Å². The average Bonchev–Trinajstić information content (AvgIpc) is 2.60. The number of piperidine rings is 1. The van der Waals surface area contributed by atoms with Crippen LogP contribution in [0.15, 0.2) is 22.7 Å². The van der Waals surface area contributed by atoms with E-state index in [1.165, 1.54) is 25.9 Å². The first-order chi connectivity index (χ1) is 12.8. The summed E-state index contributed by atoms with van der Waals surface area (Å²) in [5.41, 5.74) is 0. The molecule has 0 spiro atoms. The molecule has 0 aliphatic carbocycles. The Kier molecular flexibility index (Phi) is 11.3. The summed E-state index contributed by atoms with van der Waals surface area (Å²) in [6.45, 7) is 7.70. The van der Waals surface area contributed by atoms with E-state index in [0.29, 0.717) is 18.2 Å². The molecule has 0 radical (unpaired) electrons. The van der Waals surface area contributed by atoms with Crippen molar-refractivity contribution in [2.75, 3.05) is 39.5 Å². The van der Waals surface area contributed by atoms with Gasteiger partial charge in [-0.2, -0.15) is 0 Å². The zero-order valence-corrected chi connectivity index (χ0v) is 17.5. The van der Waals surface area contributed by atoms with Crippen LogP contribution < -0.4 is 4.74 Å². The molecule has 2 rings (SSSR count). The molecule has 0 saturated carbocycles. The molecular weight excluding hydrogens is 442 g/mol. The van der Waals surface area contributed by atoms with Crippen LogP contribution in [0.3, 0.4) is 0 Å². The number of likely N-dealkylation sites (tertiary alicyclic amines) is 1. The molecule has 7 nitrogen and oxygen atoms in total. The first-order valence-corrected chi connectivity index (χ1v) is 9.81. The Labute approximate surface area is 172 Å². The van der Waals surface area contributed by atoms with Gasteiger partial charge in [-0.3, -0.25) is 0 Å². The molecule has 1 aliphatic heterocycles. The first-order valence-electron chi connectivity index (χ1n) is 8.63. The van der Waals surface area contributed by atoms with Gasteiger partial charge in [0, 0.05) is 18.1 Å². The highest BCUT2D eigenvalue weighted by Crippen LogP contribution is 2.27. The maximum absolute atomic E-state index is 9.10. The number of ether oxygens (including phenoxy) is 2. The molecule has 1 aromatic rings. The Morgan fingerprint density at radius 1 is 1.26 bits per heavy atom. The fraction of sp³-hybridized carbons (Fsp3) is 0.556. The first kappa shape index (κ1) is 23.7. The maximum Gasteiger partial charge on any atom is 0.414 e. The van der Waals surface area contributed by atoms with Crippen LogP contribution in [0.1, 0.15) is 19.8 Å². The Morgan fingerprint density at radius 2 is 1.96 bits per heavy atom. The van der Waals surface area contributed by atoms with Crippen LogP contribution in [0.5, 0.6) is 5.75 Å². The maximum atomic E-state index is 9.10. The highest BCUT2D eigenvalue weighted by Gasteiger charge is 2.15. The van der Waals surface area contributed by atoms with Gasteiger partial charge in [0.05, 0.1) is 17.7 Å². The highest BCUT2D eigenvalue weighted by atomic mass is 79.9. The van der Waals surface area contributed by atoms with Gasteiger partial charge in [-0.25, -0.2) is 9.59 Å². The van der Waals surface area contributed by atoms with Crippen molar-refractivity contribution in [1.82, 2.24) is 4.90 Å². The van der Waals surface area contributed by atoms with Gasteiger partial charge in [0.2, 0.25) is 0 Å². The van der Waals surface area contributed by atoms with Crippen LogP contribution >= 0.6 is 27.5 Å². The second-order valence-corrected chi connectivity index (χ2v) is 7.48. The molecule has 1 saturated heterocycles. The molecule has 1 aliphatic rings. The Morgan fingerprint density at radius 3 is 2.56 bits per heavy atom. The number of halogens is 2. The smallest absolute Gasteiger partial charge is 0.414 e. The summed E-state index contributed by atoms with van der Waals surface area (Å²) < 4.78 is 12.2. The van der Waals surface area contributed by atoms with Crippen molar-refractivity contribution < 1.29 is 29.3 Å². The summed E-state index contributed by atoms with van der Waals surface area (Å²) in [6, 6.07) is 5.51. The highest BCUT2D eigenvalue weighted by molar-refractivity contribution is 9.10. The lowest BCUT2D eigenvalue weighted by Crippen LogP contribution is -2.36. The number of hydrogen-bond donors (Lipinski definition) is 2. The minimum absolute atomic E-state index is 0.552. The summed E-state index contributed by atoms with van der Waals surface area (Å²) in [4.78, 5) is 20.7. The largest absolute Gasteiger partial charge is 0.490 e. The lowest BCUT2D eigenvalue weighted by Gasteiger charge is -2.30. The Bertz CT molecular complexity index is 604. The van der Waals surface area contributed by atoms with Gasteiger partial charge in [-0.15, -0.1) is 0 Å². The number of carbonyl (C=O) groups is 2. The van der Waals surface area contributed by atoms with E-state index in [2.05, 4.69) is 27.8 Å². The molecule has 0 aromatic heterocycles. The molecule has 0 bridgehead atoms. The van der Waals surface area contributed by atoms with E-state index < -0.39 is 11.9 Å². The van der Waals surface area contributed by atoms with Crippen molar-refractivity contribution in [2.24, 2.45) is 5.92 Å². The lowest BCUT2D eigenvalue weighted by molar-refractivity contribution is -0.159. The lowest BCUT2D eigenvalue weighted by atomic mass is 10.0. The zero-order chi connectivity index (χ0) is 20.2. The van der Waals surface area contributed by atoms with E-state index in [1.807, 2.05) is 18.2 Å². The van der Waals surface area contributed by atoms with Crippen LogP contribution in [0, 0.1) is 5.92 Å². The van der Waals surface area contributed by atoms with Crippen LogP contribution in [-0.2, 0) is 14.3 Å². The van der Waals surface area contributed by atoms with Crippen molar-refractivity contribution >= 4 is 39.5 Å². The Hall–Kier alpha value is -1.35. The van der Waals surface area contributed by atoms with Crippen molar-refractivity contribution in [3.05, 3.63) is 27.7 Å². The molecule has 9 heteroatoms. The summed E-state index contributed by atoms with van der Waals surface area (Å²) >= 11 is 9.32. The topological polar surface area (TPSA) is 96.3 Å². The molecule has 2 N–H and O–H groups in total. The molecule has 1 atom stereocenters. The minimum Gasteiger partial charge on any atom is -0.490 e. The summed E-state index contributed by atoms with van der Waals surface area (Å²) in [5, 5.41) is 15.5. The fourth-order valence-corrected chi connectivity index (χ4v) is 3.39. The average molecular weight is 467 g/mol. The van der Waals surface area contributed by atoms with E-state index in [9.17, 15) is 0 Å². The van der Waals surface area contributed by atoms with Gasteiger partial charge in [0.15, 0.2) is 0 Å². The molecule has 1 fully saturated rings. The monoisotopic (exact) mass is 465 g/mol. The van der Waals surface area contributed by atoms with E-state index in [-0.39, 0.29) is 0 Å². The molecule has 0 amide bonds. The van der Waals surface area contributed by atoms with Gasteiger partial charge < -0.3 is 24.6 Å². The van der Waals surface area contributed by atoms with Crippen LogP contribution in [0.2, 0.25) is 5.02 Å². The normalized spacial score (nSPS) is 16.9. The van der Waals surface area contributed by atoms with Crippen molar-refractivity contribution in [1.29, 1.82) is 0 Å². The number of carboxylic acid groups (broad SMARTS) is 2. The summed E-state index contributed by atoms with van der Waals surface area (Å²) in [7, 11) is 0. The minimum atomic E-state index is -1.82. The third-order valence-electron chi connectivity index (χ3n) is 3.86. The molecule has 1 aromatic carbocycles. The second-order valence-electron chi connectivity index (χ2n) is 6.19. The van der Waals surface area contributed by atoms with Gasteiger partial charge in [-0.05, 0) is 59.4 Å². The van der Waals surface area contributed by atoms with E-state index >= 15 is 0 Å². The van der Waals surface area contributed by atoms with Gasteiger partial charge in [0.1, 0.15) is 12.4 Å². The van der Waals surface area contributed by atoms with Crippen molar-refractivity contribution in [3.63, 3.8) is 0 Å². The third kappa shape index (κ3) is 10.5. The third-order valence-corrected chi connectivity index (χ3v) is 4.71. The van der Waals surface area contributed by atoms with Crippen LogP contribution in [0.25, 0.3) is 0 Å². The number of nitrogens with zero attached hydrogens (tertiary/aromatic N) is 1. The molecule has 27 heavy (non-hydrogen) atoms. The zero-order valence-electron chi connectivity index (χ0n) is 15.2. The molecule has 152 valence electrons. The molecule has 1 heterocycles. The van der Waals surface area contributed by atoms with Crippen molar-refractivity contribution in [2.45, 2.75) is 19.8 Å². The summed E-state index contributed by atoms with van der Waals surface area (Å²) in [5.74, 6) is -2.03. The van der Waals surface area contributed by atoms with E-state index in [4.69, 9.17) is 40.9 Å². The second kappa shape index (κ2) is 12.9. The Balaban J connectivity index is 0.000000527. The van der Waals surface area contributed by atoms with Crippen LogP contribution in [-0.4, -0.2) is 66.5 Å². The van der Waals surface area contributed by atoms with Gasteiger partial charge in [-0.1, -0.05) is 18.5 Å². The predicted molar refractivity (Wildman–Crippen MR) is 106 cm³/mol. The molecule has 1 unspecified atom stereocenters. The summed E-state index contributed by atoms with van der Waals surface area (Å²) in [6.07, 6.45) is 2.68. The number of benzene rings is 1. The fourth-order valence-electron chi connectivity index (χ4n) is 2.59. The van der Waals surface area contributed by atoms with Gasteiger partial charge >= 0.3 is 11.9 Å². The molecular formula is C18H25BrClNO6. The van der Waals surface area contributed by atoms with Crippen molar-refractivity contribution in [3.8, 4) is 5.75 Å².